The van der Waals surface area contributed by atoms with E-state index in [2.05, 4.69) is 28.7 Å². The van der Waals surface area contributed by atoms with E-state index >= 15 is 0 Å². The number of hydrogen-bond acceptors (Lipinski definition) is 6. The number of thiocarbonyl (C=S) groups is 1. The van der Waals surface area contributed by atoms with Gasteiger partial charge in [0.2, 0.25) is 0 Å². The molecule has 0 amide bonds. The normalized spacial score (nSPS) is 13.1. The molecule has 0 fully saturated rings. The maximum absolute atomic E-state index is 15.0. The van der Waals surface area contributed by atoms with Crippen molar-refractivity contribution in [2.24, 2.45) is 5.41 Å². The van der Waals surface area contributed by atoms with Gasteiger partial charge in [0.15, 0.2) is 22.5 Å². The molecule has 38 heavy (non-hydrogen) atoms. The van der Waals surface area contributed by atoms with Crippen LogP contribution in [0.5, 0.6) is 11.5 Å². The molecule has 1 aromatic carbocycles. The Balaban J connectivity index is 1.73. The summed E-state index contributed by atoms with van der Waals surface area (Å²) >= 11 is 11.7. The molecule has 0 bridgehead atoms. The first kappa shape index (κ1) is 30.2. The molecule has 0 radical (unpaired) electrons. The smallest absolute Gasteiger partial charge is 0.198 e. The minimum absolute atomic E-state index is 0.0907. The number of hydrogen-bond donors (Lipinski definition) is 3. The average molecular weight is 587 g/mol. The Hall–Kier alpha value is -2.35. The second kappa shape index (κ2) is 13.6. The summed E-state index contributed by atoms with van der Waals surface area (Å²) in [5, 5.41) is 16.1. The standard InChI is InChI=1S/C25H33ClF2N4O4SSi/c1-25(13-33,14-34-2)12-30-24(37)31-16-9-18(27)22(19(28)10-16)36-20-5-6-29-23-21(20)17(26)11-32(23)15-35-7-8-38(3)4/h5-6,9-11,33,38H,7-8,12-15H2,1-4H3,(H2,30,31,37). The molecule has 13 heteroatoms. The molecule has 0 saturated carbocycles. The summed E-state index contributed by atoms with van der Waals surface area (Å²) in [6.45, 7) is 7.67. The van der Waals surface area contributed by atoms with Gasteiger partial charge in [0.1, 0.15) is 18.1 Å². The minimum Gasteiger partial charge on any atom is -0.450 e. The second-order valence-corrected chi connectivity index (χ2v) is 13.9. The number of aromatic nitrogens is 2. The van der Waals surface area contributed by atoms with Crippen molar-refractivity contribution in [1.82, 2.24) is 14.9 Å². The number of rotatable bonds is 13. The largest absolute Gasteiger partial charge is 0.450 e. The molecule has 0 spiro atoms. The lowest BCUT2D eigenvalue weighted by molar-refractivity contribution is 0.0457. The number of benzene rings is 1. The summed E-state index contributed by atoms with van der Waals surface area (Å²) < 4.78 is 48.2. The van der Waals surface area contributed by atoms with Gasteiger partial charge in [0, 0.05) is 64.7 Å². The quantitative estimate of drug-likeness (QED) is 0.144. The zero-order valence-corrected chi connectivity index (χ0v) is 24.5. The number of nitrogens with zero attached hydrogens (tertiary/aromatic N) is 2. The van der Waals surface area contributed by atoms with Gasteiger partial charge in [-0.15, -0.1) is 0 Å². The van der Waals surface area contributed by atoms with Crippen LogP contribution in [-0.4, -0.2) is 62.0 Å². The molecule has 2 aromatic heterocycles. The third kappa shape index (κ3) is 7.84. The fraction of sp³-hybridized carbons (Fsp3) is 0.440. The van der Waals surface area contributed by atoms with E-state index in [4.69, 9.17) is 38.0 Å². The minimum atomic E-state index is -0.934. The number of methoxy groups -OCH3 is 1. The van der Waals surface area contributed by atoms with Crippen molar-refractivity contribution >= 4 is 54.4 Å². The van der Waals surface area contributed by atoms with Gasteiger partial charge in [-0.25, -0.2) is 13.8 Å². The molecule has 8 nitrogen and oxygen atoms in total. The second-order valence-electron chi connectivity index (χ2n) is 9.75. The molecular formula is C25H33ClF2N4O4SSi. The summed E-state index contributed by atoms with van der Waals surface area (Å²) in [5.41, 5.74) is -0.00635. The van der Waals surface area contributed by atoms with E-state index in [1.54, 1.807) is 10.8 Å². The Morgan fingerprint density at radius 1 is 1.29 bits per heavy atom. The van der Waals surface area contributed by atoms with Crippen LogP contribution < -0.4 is 15.4 Å². The van der Waals surface area contributed by atoms with Crippen molar-refractivity contribution in [2.45, 2.75) is 32.8 Å². The Kier molecular flexibility index (Phi) is 10.8. The molecule has 1 unspecified atom stereocenters. The number of fused-ring (bicyclic) bond motifs is 1. The molecule has 3 aromatic rings. The van der Waals surface area contributed by atoms with E-state index in [1.165, 1.54) is 19.4 Å². The Morgan fingerprint density at radius 2 is 2.00 bits per heavy atom. The fourth-order valence-electron chi connectivity index (χ4n) is 3.61. The van der Waals surface area contributed by atoms with E-state index in [1.807, 2.05) is 6.92 Å². The highest BCUT2D eigenvalue weighted by molar-refractivity contribution is 7.80. The van der Waals surface area contributed by atoms with Crippen LogP contribution >= 0.6 is 23.8 Å². The molecule has 3 N–H and O–H groups in total. The summed E-state index contributed by atoms with van der Waals surface area (Å²) in [5.74, 6) is -2.30. The molecular weight excluding hydrogens is 554 g/mol. The van der Waals surface area contributed by atoms with Crippen LogP contribution in [0.3, 0.4) is 0 Å². The first-order chi connectivity index (χ1) is 18.1. The maximum Gasteiger partial charge on any atom is 0.198 e. The van der Waals surface area contributed by atoms with Gasteiger partial charge in [0.25, 0.3) is 0 Å². The van der Waals surface area contributed by atoms with E-state index in [9.17, 15) is 13.9 Å². The van der Waals surface area contributed by atoms with Crippen molar-refractivity contribution in [2.75, 3.05) is 38.8 Å². The average Bonchev–Trinajstić information content (AvgIpc) is 3.19. The van der Waals surface area contributed by atoms with Gasteiger partial charge >= 0.3 is 0 Å². The first-order valence-electron chi connectivity index (χ1n) is 12.1. The summed E-state index contributed by atoms with van der Waals surface area (Å²) in [4.78, 5) is 4.35. The number of anilines is 1. The number of nitrogens with one attached hydrogen (secondary N) is 2. The predicted octanol–water partition coefficient (Wildman–Crippen LogP) is 5.15. The van der Waals surface area contributed by atoms with Crippen LogP contribution in [0.1, 0.15) is 6.92 Å². The lowest BCUT2D eigenvalue weighted by Crippen LogP contribution is -2.42. The lowest BCUT2D eigenvalue weighted by Gasteiger charge is -2.27. The molecule has 208 valence electrons. The fourth-order valence-corrected chi connectivity index (χ4v) is 4.74. The van der Waals surface area contributed by atoms with Crippen molar-refractivity contribution in [3.8, 4) is 11.5 Å². The van der Waals surface area contributed by atoms with Crippen LogP contribution in [0.25, 0.3) is 11.0 Å². The number of halogens is 3. The Bertz CT molecular complexity index is 1240. The third-order valence-corrected chi connectivity index (χ3v) is 7.68. The molecule has 2 heterocycles. The molecule has 0 saturated heterocycles. The van der Waals surface area contributed by atoms with Crippen molar-refractivity contribution in [3.63, 3.8) is 0 Å². The van der Waals surface area contributed by atoms with Gasteiger partial charge in [-0.05, 0) is 24.3 Å². The van der Waals surface area contributed by atoms with Crippen molar-refractivity contribution in [3.05, 3.63) is 47.2 Å². The van der Waals surface area contributed by atoms with Crippen LogP contribution in [0.15, 0.2) is 30.6 Å². The van der Waals surface area contributed by atoms with E-state index in [0.29, 0.717) is 29.3 Å². The highest BCUT2D eigenvalue weighted by Gasteiger charge is 2.24. The Labute approximate surface area is 232 Å². The lowest BCUT2D eigenvalue weighted by atomic mass is 9.93. The SMILES string of the molecule is COCC(C)(CO)CNC(=S)Nc1cc(F)c(Oc2ccnc3c2c(Cl)cn3COCC[SiH](C)C)c(F)c1. The number of aliphatic hydroxyl groups is 1. The predicted molar refractivity (Wildman–Crippen MR) is 152 cm³/mol. The van der Waals surface area contributed by atoms with Crippen molar-refractivity contribution in [1.29, 1.82) is 0 Å². The Morgan fingerprint density at radius 3 is 2.63 bits per heavy atom. The first-order valence-corrected chi connectivity index (χ1v) is 16.0. The zero-order valence-electron chi connectivity index (χ0n) is 21.8. The molecule has 0 aliphatic carbocycles. The van der Waals surface area contributed by atoms with Crippen molar-refractivity contribution < 1.29 is 28.1 Å². The van der Waals surface area contributed by atoms with Crippen LogP contribution in [0, 0.1) is 17.0 Å². The van der Waals surface area contributed by atoms with Crippen LogP contribution in [-0.2, 0) is 16.2 Å². The van der Waals surface area contributed by atoms with Gasteiger partial charge in [-0.1, -0.05) is 31.6 Å². The topological polar surface area (TPSA) is 89.8 Å². The molecule has 1 atom stereocenters. The molecule has 0 aliphatic heterocycles. The van der Waals surface area contributed by atoms with Gasteiger partial charge in [-0.2, -0.15) is 0 Å². The summed E-state index contributed by atoms with van der Waals surface area (Å²) in [6, 6.07) is 4.69. The monoisotopic (exact) mass is 586 g/mol. The summed E-state index contributed by atoms with van der Waals surface area (Å²) in [7, 11) is 0.811. The number of pyridine rings is 1. The van der Waals surface area contributed by atoms with Crippen LogP contribution in [0.2, 0.25) is 24.2 Å². The summed E-state index contributed by atoms with van der Waals surface area (Å²) in [6.07, 6.45) is 3.13. The van der Waals surface area contributed by atoms with Gasteiger partial charge < -0.3 is 34.5 Å². The molecule has 0 aliphatic rings. The number of aliphatic hydroxyl groups excluding tert-OH is 1. The third-order valence-electron chi connectivity index (χ3n) is 5.76. The molecule has 3 rings (SSSR count). The van der Waals surface area contributed by atoms with E-state index < -0.39 is 31.6 Å². The maximum atomic E-state index is 15.0. The van der Waals surface area contributed by atoms with E-state index in [-0.39, 0.29) is 36.4 Å². The van der Waals surface area contributed by atoms with Crippen LogP contribution in [0.4, 0.5) is 14.5 Å². The van der Waals surface area contributed by atoms with E-state index in [0.717, 1.165) is 18.2 Å². The zero-order chi connectivity index (χ0) is 27.9. The number of ether oxygens (including phenoxy) is 3. The highest BCUT2D eigenvalue weighted by atomic mass is 35.5. The van der Waals surface area contributed by atoms with Gasteiger partial charge in [0.05, 0.1) is 23.6 Å². The highest BCUT2D eigenvalue weighted by Crippen LogP contribution is 2.37. The van der Waals surface area contributed by atoms with Gasteiger partial charge in [-0.3, -0.25) is 0 Å².